The highest BCUT2D eigenvalue weighted by atomic mass is 32.1. The molecule has 0 bridgehead atoms. The minimum Gasteiger partial charge on any atom is -0.465 e. The van der Waals surface area contributed by atoms with Crippen LogP contribution in [-0.2, 0) is 16.1 Å². The highest BCUT2D eigenvalue weighted by Gasteiger charge is 2.17. The standard InChI is InChI=1S/C24H30N6O2S/c1-4-6-15-30(24(33)29(3)17-22(31)32-5-2)16-18-11-13-19(14-12-18)20-9-7-8-10-21(20)23-25-27-28-26-23/h7-14H,4-6,15-17H2,1-3H3,(H,25,26,27,28). The Kier molecular flexibility index (Phi) is 8.88. The molecule has 1 heterocycles. The van der Waals surface area contributed by atoms with Crippen LogP contribution in [-0.4, -0.2) is 68.2 Å². The number of H-pyrrole nitrogens is 1. The fourth-order valence-corrected chi connectivity index (χ4v) is 3.74. The van der Waals surface area contributed by atoms with Crippen molar-refractivity contribution in [2.45, 2.75) is 33.2 Å². The molecule has 0 atom stereocenters. The second-order valence-electron chi connectivity index (χ2n) is 7.70. The molecule has 1 N–H and O–H groups in total. The maximum atomic E-state index is 11.9. The maximum absolute atomic E-state index is 11.9. The molecule has 0 aliphatic carbocycles. The molecule has 1 aromatic heterocycles. The van der Waals surface area contributed by atoms with Gasteiger partial charge in [-0.15, -0.1) is 10.2 Å². The van der Waals surface area contributed by atoms with Gasteiger partial charge < -0.3 is 14.5 Å². The van der Waals surface area contributed by atoms with Gasteiger partial charge in [-0.2, -0.15) is 5.21 Å². The number of benzene rings is 2. The van der Waals surface area contributed by atoms with Crippen LogP contribution in [0, 0.1) is 0 Å². The molecule has 0 amide bonds. The SMILES string of the molecule is CCCCN(Cc1ccc(-c2ccccc2-c2nn[nH]n2)cc1)C(=S)N(C)CC(=O)OCC. The van der Waals surface area contributed by atoms with Crippen molar-refractivity contribution in [3.05, 3.63) is 54.1 Å². The van der Waals surface area contributed by atoms with Gasteiger partial charge >= 0.3 is 5.97 Å². The predicted octanol–water partition coefficient (Wildman–Crippen LogP) is 3.92. The first-order chi connectivity index (χ1) is 16.0. The van der Waals surface area contributed by atoms with Crippen molar-refractivity contribution in [2.24, 2.45) is 0 Å². The van der Waals surface area contributed by atoms with E-state index in [1.165, 1.54) is 0 Å². The zero-order valence-electron chi connectivity index (χ0n) is 19.3. The lowest BCUT2D eigenvalue weighted by atomic mass is 9.98. The number of aromatic amines is 1. The Morgan fingerprint density at radius 1 is 1.09 bits per heavy atom. The molecular weight excluding hydrogens is 436 g/mol. The largest absolute Gasteiger partial charge is 0.465 e. The number of rotatable bonds is 10. The summed E-state index contributed by atoms with van der Waals surface area (Å²) in [5, 5.41) is 15.1. The van der Waals surface area contributed by atoms with Crippen molar-refractivity contribution in [3.8, 4) is 22.5 Å². The normalized spacial score (nSPS) is 10.6. The average molecular weight is 467 g/mol. The zero-order chi connectivity index (χ0) is 23.6. The van der Waals surface area contributed by atoms with E-state index >= 15 is 0 Å². The summed E-state index contributed by atoms with van der Waals surface area (Å²) in [5.41, 5.74) is 4.17. The van der Waals surface area contributed by atoms with Crippen LogP contribution in [0.15, 0.2) is 48.5 Å². The quantitative estimate of drug-likeness (QED) is 0.355. The summed E-state index contributed by atoms with van der Waals surface area (Å²) in [7, 11) is 1.83. The minimum absolute atomic E-state index is 0.140. The Hall–Kier alpha value is -3.33. The molecule has 33 heavy (non-hydrogen) atoms. The number of hydrogen-bond acceptors (Lipinski definition) is 6. The van der Waals surface area contributed by atoms with Gasteiger partial charge in [0.15, 0.2) is 5.11 Å². The molecule has 174 valence electrons. The van der Waals surface area contributed by atoms with Crippen LogP contribution < -0.4 is 0 Å². The van der Waals surface area contributed by atoms with E-state index in [2.05, 4.69) is 56.7 Å². The van der Waals surface area contributed by atoms with Gasteiger partial charge in [-0.1, -0.05) is 61.9 Å². The number of aromatic nitrogens is 4. The monoisotopic (exact) mass is 466 g/mol. The van der Waals surface area contributed by atoms with Crippen molar-refractivity contribution in [1.82, 2.24) is 30.4 Å². The number of nitrogens with zero attached hydrogens (tertiary/aromatic N) is 5. The van der Waals surface area contributed by atoms with Gasteiger partial charge in [-0.25, -0.2) is 0 Å². The number of likely N-dealkylation sites (N-methyl/N-ethyl adjacent to an activating group) is 1. The molecule has 0 radical (unpaired) electrons. The van der Waals surface area contributed by atoms with Crippen molar-refractivity contribution >= 4 is 23.3 Å². The molecule has 3 aromatic rings. The van der Waals surface area contributed by atoms with Crippen LogP contribution >= 0.6 is 12.2 Å². The first kappa shape index (κ1) is 24.3. The van der Waals surface area contributed by atoms with Gasteiger partial charge in [-0.05, 0) is 47.5 Å². The highest BCUT2D eigenvalue weighted by molar-refractivity contribution is 7.80. The van der Waals surface area contributed by atoms with Crippen molar-refractivity contribution in [2.75, 3.05) is 26.7 Å². The summed E-state index contributed by atoms with van der Waals surface area (Å²) < 4.78 is 5.06. The van der Waals surface area contributed by atoms with Crippen LogP contribution in [0.4, 0.5) is 0 Å². The molecule has 0 saturated heterocycles. The first-order valence-corrected chi connectivity index (χ1v) is 11.5. The molecular formula is C24H30N6O2S. The van der Waals surface area contributed by atoms with E-state index in [1.807, 2.05) is 31.3 Å². The van der Waals surface area contributed by atoms with Crippen LogP contribution in [0.5, 0.6) is 0 Å². The molecule has 0 saturated carbocycles. The third-order valence-electron chi connectivity index (χ3n) is 5.20. The van der Waals surface area contributed by atoms with E-state index in [1.54, 1.807) is 11.8 Å². The van der Waals surface area contributed by atoms with Gasteiger partial charge in [0.05, 0.1) is 6.61 Å². The molecule has 0 fully saturated rings. The number of unbranched alkanes of at least 4 members (excludes halogenated alkanes) is 1. The third-order valence-corrected chi connectivity index (χ3v) is 5.77. The Morgan fingerprint density at radius 3 is 2.45 bits per heavy atom. The number of thiocarbonyl (C=S) groups is 1. The van der Waals surface area contributed by atoms with Gasteiger partial charge in [0.1, 0.15) is 6.54 Å². The summed E-state index contributed by atoms with van der Waals surface area (Å²) in [6, 6.07) is 16.4. The van der Waals surface area contributed by atoms with E-state index in [-0.39, 0.29) is 12.5 Å². The Bertz CT molecular complexity index is 1040. The topological polar surface area (TPSA) is 87.2 Å². The van der Waals surface area contributed by atoms with Crippen LogP contribution in [0.2, 0.25) is 0 Å². The van der Waals surface area contributed by atoms with Crippen molar-refractivity contribution < 1.29 is 9.53 Å². The van der Waals surface area contributed by atoms with Crippen LogP contribution in [0.3, 0.4) is 0 Å². The third kappa shape index (κ3) is 6.58. The molecule has 0 spiro atoms. The second-order valence-corrected chi connectivity index (χ2v) is 8.06. The fourth-order valence-electron chi connectivity index (χ4n) is 3.52. The van der Waals surface area contributed by atoms with Crippen molar-refractivity contribution in [1.29, 1.82) is 0 Å². The molecule has 9 heteroatoms. The molecule has 0 aliphatic heterocycles. The number of tetrazole rings is 1. The number of carbonyl (C=O) groups is 1. The lowest BCUT2D eigenvalue weighted by Crippen LogP contribution is -2.43. The smallest absolute Gasteiger partial charge is 0.325 e. The molecule has 0 aliphatic rings. The predicted molar refractivity (Wildman–Crippen MR) is 132 cm³/mol. The Balaban J connectivity index is 1.75. The molecule has 8 nitrogen and oxygen atoms in total. The van der Waals surface area contributed by atoms with Gasteiger partial charge in [0.2, 0.25) is 5.82 Å². The molecule has 2 aromatic carbocycles. The maximum Gasteiger partial charge on any atom is 0.325 e. The summed E-state index contributed by atoms with van der Waals surface area (Å²) >= 11 is 5.70. The Labute approximate surface area is 199 Å². The fraction of sp³-hybridized carbons (Fsp3) is 0.375. The van der Waals surface area contributed by atoms with E-state index in [0.717, 1.165) is 41.6 Å². The van der Waals surface area contributed by atoms with Gasteiger partial charge in [0, 0.05) is 25.7 Å². The summed E-state index contributed by atoms with van der Waals surface area (Å²) in [6.45, 7) is 5.94. The van der Waals surface area contributed by atoms with E-state index in [0.29, 0.717) is 24.1 Å². The Morgan fingerprint density at radius 2 is 1.82 bits per heavy atom. The first-order valence-electron chi connectivity index (χ1n) is 11.1. The van der Waals surface area contributed by atoms with Crippen LogP contribution in [0.1, 0.15) is 32.3 Å². The van der Waals surface area contributed by atoms with Crippen LogP contribution in [0.25, 0.3) is 22.5 Å². The number of ether oxygens (including phenoxy) is 1. The highest BCUT2D eigenvalue weighted by Crippen LogP contribution is 2.29. The summed E-state index contributed by atoms with van der Waals surface area (Å²) in [4.78, 5) is 15.8. The lowest BCUT2D eigenvalue weighted by molar-refractivity contribution is -0.143. The summed E-state index contributed by atoms with van der Waals surface area (Å²) in [5.74, 6) is 0.290. The second kappa shape index (κ2) is 12.1. The van der Waals surface area contributed by atoms with Gasteiger partial charge in [0.25, 0.3) is 0 Å². The molecule has 3 rings (SSSR count). The van der Waals surface area contributed by atoms with E-state index < -0.39 is 0 Å². The average Bonchev–Trinajstić information content (AvgIpc) is 3.37. The van der Waals surface area contributed by atoms with E-state index in [9.17, 15) is 4.79 Å². The van der Waals surface area contributed by atoms with E-state index in [4.69, 9.17) is 17.0 Å². The lowest BCUT2D eigenvalue weighted by Gasteiger charge is -2.31. The summed E-state index contributed by atoms with van der Waals surface area (Å²) in [6.07, 6.45) is 2.08. The zero-order valence-corrected chi connectivity index (χ0v) is 20.1. The molecule has 0 unspecified atom stereocenters. The number of esters is 1. The van der Waals surface area contributed by atoms with Gasteiger partial charge in [-0.3, -0.25) is 4.79 Å². The number of hydrogen-bond donors (Lipinski definition) is 1. The minimum atomic E-state index is -0.276. The van der Waals surface area contributed by atoms with Crippen molar-refractivity contribution in [3.63, 3.8) is 0 Å². The number of nitrogens with one attached hydrogen (secondary N) is 1. The number of carbonyl (C=O) groups excluding carboxylic acids is 1.